The van der Waals surface area contributed by atoms with Crippen LogP contribution < -0.4 is 0 Å². The number of allylic oxidation sites excluding steroid dienone is 1. The Kier molecular flexibility index (Phi) is 6.56. The van der Waals surface area contributed by atoms with E-state index in [2.05, 4.69) is 6.58 Å². The molecule has 2 aliphatic rings. The summed E-state index contributed by atoms with van der Waals surface area (Å²) in [6.07, 6.45) is 3.38. The summed E-state index contributed by atoms with van der Waals surface area (Å²) in [4.78, 5) is 24.4. The van der Waals surface area contributed by atoms with E-state index >= 15 is 0 Å². The standard InChI is InChI=1S/C20H26O6/c1-5-12(3)19(23)25-17-9-14(10-21)8-15(22)6-11(2)7-16-18(17)13(4)20(24)26-16/h5,7-8,15-18,21-22H,4,6,9-10H2,1-3H3/b11-7-,12-5-,14-8+/t15-,16-,17-,18+/m1/s1. The van der Waals surface area contributed by atoms with Crippen LogP contribution in [-0.2, 0) is 19.1 Å². The summed E-state index contributed by atoms with van der Waals surface area (Å²) in [5.41, 5.74) is 2.05. The molecule has 2 N–H and O–H groups in total. The number of aliphatic hydroxyl groups excluding tert-OH is 2. The Bertz CT molecular complexity index is 684. The maximum atomic E-state index is 12.3. The van der Waals surface area contributed by atoms with Crippen molar-refractivity contribution in [3.05, 3.63) is 47.1 Å². The minimum absolute atomic E-state index is 0.181. The highest BCUT2D eigenvalue weighted by Crippen LogP contribution is 2.36. The van der Waals surface area contributed by atoms with Crippen molar-refractivity contribution in [3.63, 3.8) is 0 Å². The third-order valence-electron chi connectivity index (χ3n) is 4.75. The second-order valence-electron chi connectivity index (χ2n) is 6.81. The fourth-order valence-electron chi connectivity index (χ4n) is 3.22. The van der Waals surface area contributed by atoms with Crippen molar-refractivity contribution in [3.8, 4) is 0 Å². The number of carbonyl (C=O) groups excluding carboxylic acids is 2. The van der Waals surface area contributed by atoms with Crippen LogP contribution in [0, 0.1) is 5.92 Å². The van der Waals surface area contributed by atoms with Crippen molar-refractivity contribution in [1.82, 2.24) is 0 Å². The molecule has 6 heteroatoms. The van der Waals surface area contributed by atoms with E-state index in [9.17, 15) is 19.8 Å². The summed E-state index contributed by atoms with van der Waals surface area (Å²) in [5.74, 6) is -1.57. The number of ether oxygens (including phenoxy) is 2. The highest BCUT2D eigenvalue weighted by atomic mass is 16.6. The van der Waals surface area contributed by atoms with Crippen LogP contribution in [-0.4, -0.2) is 47.1 Å². The summed E-state index contributed by atoms with van der Waals surface area (Å²) in [7, 11) is 0. The van der Waals surface area contributed by atoms with Gasteiger partial charge < -0.3 is 19.7 Å². The number of esters is 2. The van der Waals surface area contributed by atoms with Gasteiger partial charge in [0.05, 0.1) is 18.6 Å². The largest absolute Gasteiger partial charge is 0.458 e. The lowest BCUT2D eigenvalue weighted by Crippen LogP contribution is -2.34. The van der Waals surface area contributed by atoms with Gasteiger partial charge in [0, 0.05) is 17.6 Å². The zero-order chi connectivity index (χ0) is 19.4. The molecule has 26 heavy (non-hydrogen) atoms. The molecule has 0 unspecified atom stereocenters. The van der Waals surface area contributed by atoms with Crippen LogP contribution in [0.5, 0.6) is 0 Å². The van der Waals surface area contributed by atoms with E-state index in [1.54, 1.807) is 32.1 Å². The van der Waals surface area contributed by atoms with E-state index in [0.717, 1.165) is 5.57 Å². The zero-order valence-corrected chi connectivity index (χ0v) is 15.4. The first-order chi connectivity index (χ1) is 12.3. The topological polar surface area (TPSA) is 93.1 Å². The van der Waals surface area contributed by atoms with Crippen LogP contribution in [0.15, 0.2) is 47.1 Å². The fourth-order valence-corrected chi connectivity index (χ4v) is 3.22. The SMILES string of the molecule is C=C1C(=O)O[C@@H]2/C=C(/C)C[C@@H](O)/C=C(/CO)C[C@@H](OC(=O)/C(C)=C\C)[C@@H]12. The van der Waals surface area contributed by atoms with Gasteiger partial charge in [0.25, 0.3) is 0 Å². The van der Waals surface area contributed by atoms with Crippen LogP contribution >= 0.6 is 0 Å². The predicted octanol–water partition coefficient (Wildman–Crippen LogP) is 1.98. The molecule has 0 aromatic heterocycles. The van der Waals surface area contributed by atoms with Gasteiger partial charge in [-0.15, -0.1) is 0 Å². The van der Waals surface area contributed by atoms with Gasteiger partial charge in [0.15, 0.2) is 0 Å². The van der Waals surface area contributed by atoms with Crippen molar-refractivity contribution in [2.75, 3.05) is 6.61 Å². The van der Waals surface area contributed by atoms with Crippen LogP contribution in [0.25, 0.3) is 0 Å². The molecule has 142 valence electrons. The Morgan fingerprint density at radius 1 is 1.42 bits per heavy atom. The number of rotatable bonds is 3. The number of fused-ring (bicyclic) bond motifs is 1. The third-order valence-corrected chi connectivity index (χ3v) is 4.75. The normalized spacial score (nSPS) is 34.1. The molecule has 0 aromatic rings. The molecule has 0 saturated carbocycles. The first-order valence-electron chi connectivity index (χ1n) is 8.66. The smallest absolute Gasteiger partial charge is 0.334 e. The molecule has 1 fully saturated rings. The van der Waals surface area contributed by atoms with Crippen molar-refractivity contribution in [1.29, 1.82) is 0 Å². The highest BCUT2D eigenvalue weighted by Gasteiger charge is 2.44. The summed E-state index contributed by atoms with van der Waals surface area (Å²) < 4.78 is 11.0. The number of hydrogen-bond acceptors (Lipinski definition) is 6. The Morgan fingerprint density at radius 3 is 2.73 bits per heavy atom. The molecule has 6 nitrogen and oxygen atoms in total. The highest BCUT2D eigenvalue weighted by molar-refractivity contribution is 5.92. The van der Waals surface area contributed by atoms with Gasteiger partial charge in [0.1, 0.15) is 12.2 Å². The van der Waals surface area contributed by atoms with E-state index < -0.39 is 36.2 Å². The molecule has 2 rings (SSSR count). The molecule has 0 amide bonds. The molecule has 0 spiro atoms. The molecule has 1 aliphatic carbocycles. The maximum Gasteiger partial charge on any atom is 0.334 e. The van der Waals surface area contributed by atoms with Gasteiger partial charge in [-0.3, -0.25) is 0 Å². The van der Waals surface area contributed by atoms with Gasteiger partial charge in [-0.1, -0.05) is 24.3 Å². The number of hydrogen-bond donors (Lipinski definition) is 2. The van der Waals surface area contributed by atoms with E-state index in [1.807, 2.05) is 6.92 Å². The Morgan fingerprint density at radius 2 is 2.12 bits per heavy atom. The predicted molar refractivity (Wildman–Crippen MR) is 96.0 cm³/mol. The minimum atomic E-state index is -0.779. The monoisotopic (exact) mass is 362 g/mol. The van der Waals surface area contributed by atoms with Crippen molar-refractivity contribution in [2.45, 2.75) is 51.9 Å². The first-order valence-corrected chi connectivity index (χ1v) is 8.66. The Hall–Kier alpha value is -2.18. The maximum absolute atomic E-state index is 12.3. The fraction of sp³-hybridized carbons (Fsp3) is 0.500. The average Bonchev–Trinajstić information content (AvgIpc) is 2.85. The molecule has 1 saturated heterocycles. The lowest BCUT2D eigenvalue weighted by molar-refractivity contribution is -0.147. The molecule has 1 heterocycles. The van der Waals surface area contributed by atoms with Gasteiger partial charge in [-0.2, -0.15) is 0 Å². The van der Waals surface area contributed by atoms with Crippen LogP contribution in [0.1, 0.15) is 33.6 Å². The lowest BCUT2D eigenvalue weighted by atomic mass is 9.85. The van der Waals surface area contributed by atoms with E-state index in [-0.39, 0.29) is 18.6 Å². The summed E-state index contributed by atoms with van der Waals surface area (Å²) in [6.45, 7) is 8.74. The van der Waals surface area contributed by atoms with E-state index in [4.69, 9.17) is 9.47 Å². The molecular weight excluding hydrogens is 336 g/mol. The van der Waals surface area contributed by atoms with E-state index in [1.165, 1.54) is 0 Å². The number of aliphatic hydroxyl groups is 2. The second-order valence-corrected chi connectivity index (χ2v) is 6.81. The molecule has 0 aromatic carbocycles. The van der Waals surface area contributed by atoms with Crippen LogP contribution in [0.4, 0.5) is 0 Å². The Balaban J connectivity index is 2.45. The number of carbonyl (C=O) groups is 2. The minimum Gasteiger partial charge on any atom is -0.458 e. The summed E-state index contributed by atoms with van der Waals surface area (Å²) >= 11 is 0. The molecule has 0 bridgehead atoms. The van der Waals surface area contributed by atoms with Gasteiger partial charge in [-0.05, 0) is 38.8 Å². The quantitative estimate of drug-likeness (QED) is 0.453. The van der Waals surface area contributed by atoms with Crippen molar-refractivity contribution >= 4 is 11.9 Å². The third kappa shape index (κ3) is 4.51. The van der Waals surface area contributed by atoms with Crippen LogP contribution in [0.3, 0.4) is 0 Å². The average molecular weight is 362 g/mol. The molecular formula is C20H26O6. The lowest BCUT2D eigenvalue weighted by Gasteiger charge is -2.28. The first kappa shape index (κ1) is 20.1. The van der Waals surface area contributed by atoms with Crippen molar-refractivity contribution < 1.29 is 29.3 Å². The zero-order valence-electron chi connectivity index (χ0n) is 15.4. The molecule has 1 aliphatic heterocycles. The molecule has 0 radical (unpaired) electrons. The molecule has 4 atom stereocenters. The van der Waals surface area contributed by atoms with Crippen molar-refractivity contribution in [2.24, 2.45) is 5.92 Å². The summed E-state index contributed by atoms with van der Waals surface area (Å²) in [6, 6.07) is 0. The van der Waals surface area contributed by atoms with Crippen LogP contribution in [0.2, 0.25) is 0 Å². The van der Waals surface area contributed by atoms with E-state index in [0.29, 0.717) is 17.6 Å². The van der Waals surface area contributed by atoms with Gasteiger partial charge in [0.2, 0.25) is 0 Å². The van der Waals surface area contributed by atoms with Gasteiger partial charge in [-0.25, -0.2) is 9.59 Å². The second kappa shape index (κ2) is 8.47. The summed E-state index contributed by atoms with van der Waals surface area (Å²) in [5, 5.41) is 19.8. The Labute approximate surface area is 153 Å². The van der Waals surface area contributed by atoms with Gasteiger partial charge >= 0.3 is 11.9 Å².